The molecule has 0 unspecified atom stereocenters. The quantitative estimate of drug-likeness (QED) is 0.826. The molecule has 0 aliphatic heterocycles. The highest BCUT2D eigenvalue weighted by atomic mass is 35.5. The van der Waals surface area contributed by atoms with Gasteiger partial charge < -0.3 is 15.4 Å². The van der Waals surface area contributed by atoms with Crippen molar-refractivity contribution < 1.29 is 9.53 Å². The normalized spacial score (nSPS) is 14.8. The fourth-order valence-electron chi connectivity index (χ4n) is 3.02. The zero-order valence-electron chi connectivity index (χ0n) is 14.1. The predicted octanol–water partition coefficient (Wildman–Crippen LogP) is 4.40. The standard InChI is InChI=1S/C18H21ClN4O2/c1-25-16-8-7-13(22-17-14(19)10-20-11-21-17)9-15(16)23-18(24)12-5-3-2-4-6-12/h7-12H,2-6H2,1H3,(H,23,24)(H,20,21,22). The van der Waals surface area contributed by atoms with Gasteiger partial charge in [-0.2, -0.15) is 0 Å². The van der Waals surface area contributed by atoms with Crippen molar-refractivity contribution in [3.8, 4) is 5.75 Å². The molecule has 1 amide bonds. The number of methoxy groups -OCH3 is 1. The number of nitrogens with one attached hydrogen (secondary N) is 2. The minimum atomic E-state index is 0.0511. The fourth-order valence-corrected chi connectivity index (χ4v) is 3.18. The summed E-state index contributed by atoms with van der Waals surface area (Å²) in [7, 11) is 1.58. The Kier molecular flexibility index (Phi) is 5.71. The highest BCUT2D eigenvalue weighted by Gasteiger charge is 2.22. The van der Waals surface area contributed by atoms with Crippen molar-refractivity contribution in [3.63, 3.8) is 0 Å². The average molecular weight is 361 g/mol. The zero-order valence-corrected chi connectivity index (χ0v) is 14.8. The van der Waals surface area contributed by atoms with Gasteiger partial charge in [0.1, 0.15) is 17.1 Å². The van der Waals surface area contributed by atoms with Crippen LogP contribution < -0.4 is 15.4 Å². The summed E-state index contributed by atoms with van der Waals surface area (Å²) in [5.74, 6) is 1.25. The summed E-state index contributed by atoms with van der Waals surface area (Å²) < 4.78 is 5.37. The van der Waals surface area contributed by atoms with Gasteiger partial charge in [0.2, 0.25) is 5.91 Å². The number of hydrogen-bond donors (Lipinski definition) is 2. The molecule has 0 radical (unpaired) electrons. The second-order valence-electron chi connectivity index (χ2n) is 6.08. The Bertz CT molecular complexity index is 748. The van der Waals surface area contributed by atoms with Gasteiger partial charge in [0.15, 0.2) is 5.82 Å². The Labute approximate surface area is 152 Å². The zero-order chi connectivity index (χ0) is 17.6. The number of anilines is 3. The average Bonchev–Trinajstić information content (AvgIpc) is 2.64. The van der Waals surface area contributed by atoms with Crippen LogP contribution in [0, 0.1) is 5.92 Å². The van der Waals surface area contributed by atoms with E-state index in [0.717, 1.165) is 31.4 Å². The van der Waals surface area contributed by atoms with Gasteiger partial charge in [0.05, 0.1) is 19.0 Å². The Balaban J connectivity index is 1.77. The van der Waals surface area contributed by atoms with Crippen molar-refractivity contribution in [1.82, 2.24) is 9.97 Å². The first-order valence-corrected chi connectivity index (χ1v) is 8.76. The van der Waals surface area contributed by atoms with Crippen LogP contribution in [0.15, 0.2) is 30.7 Å². The van der Waals surface area contributed by atoms with Crippen molar-refractivity contribution in [2.45, 2.75) is 32.1 Å². The number of halogens is 1. The molecule has 2 aromatic rings. The van der Waals surface area contributed by atoms with Crippen LogP contribution in [0.3, 0.4) is 0 Å². The lowest BCUT2D eigenvalue weighted by atomic mass is 9.88. The van der Waals surface area contributed by atoms with Crippen LogP contribution in [0.2, 0.25) is 5.02 Å². The molecule has 1 heterocycles. The number of nitrogens with zero attached hydrogens (tertiary/aromatic N) is 2. The first-order valence-electron chi connectivity index (χ1n) is 8.39. The molecule has 132 valence electrons. The van der Waals surface area contributed by atoms with Crippen molar-refractivity contribution in [2.75, 3.05) is 17.7 Å². The molecular weight excluding hydrogens is 340 g/mol. The highest BCUT2D eigenvalue weighted by Crippen LogP contribution is 2.32. The number of benzene rings is 1. The van der Waals surface area contributed by atoms with Gasteiger partial charge in [-0.25, -0.2) is 9.97 Å². The van der Waals surface area contributed by atoms with E-state index in [1.807, 2.05) is 12.1 Å². The molecular formula is C18H21ClN4O2. The fraction of sp³-hybridized carbons (Fsp3) is 0.389. The molecule has 1 saturated carbocycles. The molecule has 7 heteroatoms. The number of carbonyl (C=O) groups is 1. The topological polar surface area (TPSA) is 76.1 Å². The van der Waals surface area contributed by atoms with E-state index in [4.69, 9.17) is 16.3 Å². The molecule has 0 spiro atoms. The van der Waals surface area contributed by atoms with Crippen LogP contribution in [0.4, 0.5) is 17.2 Å². The molecule has 25 heavy (non-hydrogen) atoms. The molecule has 2 N–H and O–H groups in total. The van der Waals surface area contributed by atoms with E-state index >= 15 is 0 Å². The Hall–Kier alpha value is -2.34. The summed E-state index contributed by atoms with van der Waals surface area (Å²) in [4.78, 5) is 20.5. The Morgan fingerprint density at radius 3 is 2.80 bits per heavy atom. The molecule has 1 aromatic carbocycles. The second-order valence-corrected chi connectivity index (χ2v) is 6.49. The van der Waals surface area contributed by atoms with Crippen molar-refractivity contribution >= 4 is 34.7 Å². The third-order valence-electron chi connectivity index (χ3n) is 4.36. The molecule has 1 aliphatic rings. The molecule has 0 bridgehead atoms. The maximum atomic E-state index is 12.5. The van der Waals surface area contributed by atoms with Crippen LogP contribution in [0.1, 0.15) is 32.1 Å². The summed E-state index contributed by atoms with van der Waals surface area (Å²) in [5, 5.41) is 6.55. The first-order chi connectivity index (χ1) is 12.2. The molecule has 3 rings (SSSR count). The summed E-state index contributed by atoms with van der Waals surface area (Å²) in [6.45, 7) is 0. The van der Waals surface area contributed by atoms with Crippen molar-refractivity contribution in [3.05, 3.63) is 35.7 Å². The number of ether oxygens (including phenoxy) is 1. The minimum absolute atomic E-state index is 0.0511. The van der Waals surface area contributed by atoms with Gasteiger partial charge in [-0.05, 0) is 31.0 Å². The number of amides is 1. The number of carbonyl (C=O) groups excluding carboxylic acids is 1. The third-order valence-corrected chi connectivity index (χ3v) is 4.64. The predicted molar refractivity (Wildman–Crippen MR) is 98.5 cm³/mol. The Morgan fingerprint density at radius 1 is 1.28 bits per heavy atom. The van der Waals surface area contributed by atoms with Crippen molar-refractivity contribution in [2.24, 2.45) is 5.92 Å². The Morgan fingerprint density at radius 2 is 2.08 bits per heavy atom. The smallest absolute Gasteiger partial charge is 0.227 e. The van der Waals surface area contributed by atoms with E-state index in [1.54, 1.807) is 13.2 Å². The van der Waals surface area contributed by atoms with Crippen LogP contribution in [0.5, 0.6) is 5.75 Å². The maximum absolute atomic E-state index is 12.5. The summed E-state index contributed by atoms with van der Waals surface area (Å²) >= 11 is 6.08. The SMILES string of the molecule is COc1ccc(Nc2ncncc2Cl)cc1NC(=O)C1CCCCC1. The van der Waals surface area contributed by atoms with E-state index in [-0.39, 0.29) is 11.8 Å². The van der Waals surface area contributed by atoms with Gasteiger partial charge in [-0.15, -0.1) is 0 Å². The summed E-state index contributed by atoms with van der Waals surface area (Å²) in [6.07, 6.45) is 8.28. The lowest BCUT2D eigenvalue weighted by Gasteiger charge is -2.21. The first kappa shape index (κ1) is 17.5. The van der Waals surface area contributed by atoms with Crippen molar-refractivity contribution in [1.29, 1.82) is 0 Å². The third kappa shape index (κ3) is 4.39. The van der Waals surface area contributed by atoms with Gasteiger partial charge in [0, 0.05) is 11.6 Å². The number of hydrogen-bond acceptors (Lipinski definition) is 5. The summed E-state index contributed by atoms with van der Waals surface area (Å²) in [5.41, 5.74) is 1.38. The summed E-state index contributed by atoms with van der Waals surface area (Å²) in [6, 6.07) is 5.46. The lowest BCUT2D eigenvalue weighted by Crippen LogP contribution is -2.25. The number of aromatic nitrogens is 2. The van der Waals surface area contributed by atoms with E-state index in [1.165, 1.54) is 18.9 Å². The monoisotopic (exact) mass is 360 g/mol. The van der Waals surface area contributed by atoms with Gasteiger partial charge >= 0.3 is 0 Å². The maximum Gasteiger partial charge on any atom is 0.227 e. The van der Waals surface area contributed by atoms with E-state index in [2.05, 4.69) is 20.6 Å². The largest absolute Gasteiger partial charge is 0.495 e. The van der Waals surface area contributed by atoms with E-state index < -0.39 is 0 Å². The molecule has 0 atom stereocenters. The minimum Gasteiger partial charge on any atom is -0.495 e. The van der Waals surface area contributed by atoms with Crippen LogP contribution >= 0.6 is 11.6 Å². The lowest BCUT2D eigenvalue weighted by molar-refractivity contribution is -0.120. The van der Waals surface area contributed by atoms with Crippen LogP contribution in [0.25, 0.3) is 0 Å². The van der Waals surface area contributed by atoms with Crippen LogP contribution in [-0.4, -0.2) is 23.0 Å². The molecule has 0 saturated heterocycles. The molecule has 1 fully saturated rings. The van der Waals surface area contributed by atoms with Gasteiger partial charge in [0.25, 0.3) is 0 Å². The number of rotatable bonds is 5. The second kappa shape index (κ2) is 8.16. The van der Waals surface area contributed by atoms with Gasteiger partial charge in [-0.3, -0.25) is 4.79 Å². The molecule has 6 nitrogen and oxygen atoms in total. The van der Waals surface area contributed by atoms with Gasteiger partial charge in [-0.1, -0.05) is 30.9 Å². The molecule has 1 aromatic heterocycles. The van der Waals surface area contributed by atoms with E-state index in [9.17, 15) is 4.79 Å². The van der Waals surface area contributed by atoms with Crippen LogP contribution in [-0.2, 0) is 4.79 Å². The molecule has 1 aliphatic carbocycles. The highest BCUT2D eigenvalue weighted by molar-refractivity contribution is 6.32. The van der Waals surface area contributed by atoms with E-state index in [0.29, 0.717) is 22.3 Å².